The first-order chi connectivity index (χ1) is 9.94. The van der Waals surface area contributed by atoms with Crippen LogP contribution in [0.25, 0.3) is 0 Å². The van der Waals surface area contributed by atoms with Crippen molar-refractivity contribution in [2.75, 3.05) is 0 Å². The quantitative estimate of drug-likeness (QED) is 0.666. The monoisotopic (exact) mass is 320 g/mol. The maximum atomic E-state index is 12.5. The lowest BCUT2D eigenvalue weighted by Crippen LogP contribution is -2.43. The summed E-state index contributed by atoms with van der Waals surface area (Å²) >= 11 is 0. The third-order valence-corrected chi connectivity index (χ3v) is 8.96. The van der Waals surface area contributed by atoms with Crippen LogP contribution in [0, 0.1) is 5.92 Å². The Bertz CT molecular complexity index is 495. The molecule has 0 aromatic heterocycles. The van der Waals surface area contributed by atoms with Crippen LogP contribution in [0.5, 0.6) is 0 Å². The number of benzene rings is 1. The Hall–Kier alpha value is -1.09. The SMILES string of the molecule is CC(C)Cc1ccc(C(C)C(=O)O[Si](C)(C)C(C)(C)C)cc1. The summed E-state index contributed by atoms with van der Waals surface area (Å²) in [5.41, 5.74) is 2.36. The van der Waals surface area contributed by atoms with Crippen LogP contribution in [0.2, 0.25) is 18.1 Å². The molecular formula is C19H32O2Si. The summed E-state index contributed by atoms with van der Waals surface area (Å²) in [6.45, 7) is 17.0. The van der Waals surface area contributed by atoms with Crippen molar-refractivity contribution >= 4 is 14.3 Å². The van der Waals surface area contributed by atoms with Gasteiger partial charge in [0.05, 0.1) is 5.92 Å². The van der Waals surface area contributed by atoms with Gasteiger partial charge in [0.15, 0.2) is 0 Å². The zero-order chi connectivity index (χ0) is 17.1. The van der Waals surface area contributed by atoms with E-state index in [1.807, 2.05) is 6.92 Å². The Balaban J connectivity index is 2.79. The first-order valence-electron chi connectivity index (χ1n) is 8.25. The van der Waals surface area contributed by atoms with E-state index in [0.29, 0.717) is 5.92 Å². The molecule has 0 amide bonds. The van der Waals surface area contributed by atoms with Crippen molar-refractivity contribution in [2.45, 2.75) is 72.0 Å². The normalized spacial score (nSPS) is 14.0. The number of hydrogen-bond donors (Lipinski definition) is 0. The molecule has 124 valence electrons. The minimum Gasteiger partial charge on any atom is -0.519 e. The lowest BCUT2D eigenvalue weighted by molar-refractivity contribution is -0.136. The highest BCUT2D eigenvalue weighted by Crippen LogP contribution is 2.37. The largest absolute Gasteiger partial charge is 0.519 e. The maximum Gasteiger partial charge on any atom is 0.299 e. The Morgan fingerprint density at radius 3 is 2.00 bits per heavy atom. The fraction of sp³-hybridized carbons (Fsp3) is 0.632. The first-order valence-corrected chi connectivity index (χ1v) is 11.2. The van der Waals surface area contributed by atoms with E-state index in [0.717, 1.165) is 12.0 Å². The van der Waals surface area contributed by atoms with Crippen molar-refractivity contribution in [1.82, 2.24) is 0 Å². The van der Waals surface area contributed by atoms with Crippen molar-refractivity contribution in [3.8, 4) is 0 Å². The number of rotatable bonds is 5. The van der Waals surface area contributed by atoms with E-state index in [1.54, 1.807) is 0 Å². The fourth-order valence-electron chi connectivity index (χ4n) is 2.04. The summed E-state index contributed by atoms with van der Waals surface area (Å²) in [6, 6.07) is 8.39. The van der Waals surface area contributed by atoms with Crippen LogP contribution in [0.4, 0.5) is 0 Å². The van der Waals surface area contributed by atoms with Gasteiger partial charge in [-0.3, -0.25) is 4.79 Å². The lowest BCUT2D eigenvalue weighted by atomic mass is 9.97. The first kappa shape index (κ1) is 19.0. The molecule has 3 heteroatoms. The average Bonchev–Trinajstić information content (AvgIpc) is 2.36. The van der Waals surface area contributed by atoms with Gasteiger partial charge in [0.25, 0.3) is 14.3 Å². The Kier molecular flexibility index (Phi) is 6.02. The van der Waals surface area contributed by atoms with Crippen LogP contribution in [-0.4, -0.2) is 14.3 Å². The summed E-state index contributed by atoms with van der Waals surface area (Å²) in [5, 5.41) is 0.0451. The Morgan fingerprint density at radius 1 is 1.09 bits per heavy atom. The molecule has 1 aromatic carbocycles. The predicted octanol–water partition coefficient (Wildman–Crippen LogP) is 5.54. The van der Waals surface area contributed by atoms with Gasteiger partial charge in [0, 0.05) is 0 Å². The molecule has 1 aromatic rings. The standard InChI is InChI=1S/C19H32O2Si/c1-14(2)13-16-9-11-17(12-10-16)15(3)18(20)21-22(7,8)19(4,5)6/h9-12,14-15H,13H2,1-8H3. The van der Waals surface area contributed by atoms with Gasteiger partial charge in [-0.05, 0) is 48.5 Å². The van der Waals surface area contributed by atoms with Crippen molar-refractivity contribution in [3.05, 3.63) is 35.4 Å². The molecule has 0 bridgehead atoms. The van der Waals surface area contributed by atoms with Crippen molar-refractivity contribution < 1.29 is 9.22 Å². The third kappa shape index (κ3) is 4.98. The molecule has 0 fully saturated rings. The molecule has 0 heterocycles. The molecule has 0 saturated heterocycles. The highest BCUT2D eigenvalue weighted by molar-refractivity contribution is 6.75. The zero-order valence-electron chi connectivity index (χ0n) is 15.5. The molecule has 0 saturated carbocycles. The molecule has 22 heavy (non-hydrogen) atoms. The van der Waals surface area contributed by atoms with E-state index >= 15 is 0 Å². The second kappa shape index (κ2) is 6.99. The van der Waals surface area contributed by atoms with Crippen molar-refractivity contribution in [2.24, 2.45) is 5.92 Å². The van der Waals surface area contributed by atoms with Crippen LogP contribution < -0.4 is 0 Å². The van der Waals surface area contributed by atoms with E-state index in [4.69, 9.17) is 4.43 Å². The van der Waals surface area contributed by atoms with Crippen molar-refractivity contribution in [3.63, 3.8) is 0 Å². The molecule has 0 N–H and O–H groups in total. The van der Waals surface area contributed by atoms with Gasteiger partial charge in [0.1, 0.15) is 0 Å². The maximum absolute atomic E-state index is 12.5. The highest BCUT2D eigenvalue weighted by atomic mass is 28.4. The molecule has 1 unspecified atom stereocenters. The van der Waals surface area contributed by atoms with Crippen LogP contribution in [0.15, 0.2) is 24.3 Å². The highest BCUT2D eigenvalue weighted by Gasteiger charge is 2.41. The van der Waals surface area contributed by atoms with Gasteiger partial charge in [-0.25, -0.2) is 0 Å². The molecule has 0 aliphatic carbocycles. The number of carbonyl (C=O) groups is 1. The minimum atomic E-state index is -2.05. The summed E-state index contributed by atoms with van der Waals surface area (Å²) in [7, 11) is -2.05. The van der Waals surface area contributed by atoms with E-state index in [-0.39, 0.29) is 16.9 Å². The topological polar surface area (TPSA) is 26.3 Å². The van der Waals surface area contributed by atoms with Crippen LogP contribution in [0.3, 0.4) is 0 Å². The van der Waals surface area contributed by atoms with Crippen LogP contribution in [-0.2, 0) is 15.6 Å². The molecule has 0 spiro atoms. The minimum absolute atomic E-state index is 0.0451. The predicted molar refractivity (Wildman–Crippen MR) is 96.7 cm³/mol. The molecule has 0 aliphatic heterocycles. The summed E-state index contributed by atoms with van der Waals surface area (Å²) in [6.07, 6.45) is 1.07. The number of hydrogen-bond acceptors (Lipinski definition) is 2. The zero-order valence-corrected chi connectivity index (χ0v) is 16.5. The third-order valence-electron chi connectivity index (χ3n) is 4.64. The summed E-state index contributed by atoms with van der Waals surface area (Å²) in [4.78, 5) is 12.5. The Morgan fingerprint density at radius 2 is 1.59 bits per heavy atom. The molecular weight excluding hydrogens is 288 g/mol. The van der Waals surface area contributed by atoms with Crippen molar-refractivity contribution in [1.29, 1.82) is 0 Å². The van der Waals surface area contributed by atoms with Gasteiger partial charge < -0.3 is 4.43 Å². The van der Waals surface area contributed by atoms with Gasteiger partial charge >= 0.3 is 0 Å². The molecule has 1 rings (SSSR count). The second-order valence-corrected chi connectivity index (χ2v) is 13.0. The average molecular weight is 321 g/mol. The van der Waals surface area contributed by atoms with Gasteiger partial charge in [0.2, 0.25) is 0 Å². The van der Waals surface area contributed by atoms with Gasteiger partial charge in [-0.1, -0.05) is 58.9 Å². The molecule has 1 atom stereocenters. The van der Waals surface area contributed by atoms with E-state index < -0.39 is 8.32 Å². The molecule has 2 nitrogen and oxygen atoms in total. The number of carbonyl (C=O) groups excluding carboxylic acids is 1. The van der Waals surface area contributed by atoms with E-state index in [2.05, 4.69) is 72.0 Å². The Labute approximate surface area is 137 Å². The van der Waals surface area contributed by atoms with Crippen LogP contribution >= 0.6 is 0 Å². The van der Waals surface area contributed by atoms with Gasteiger partial charge in [-0.2, -0.15) is 0 Å². The van der Waals surface area contributed by atoms with E-state index in [9.17, 15) is 4.79 Å². The summed E-state index contributed by atoms with van der Waals surface area (Å²) in [5.74, 6) is 0.345. The molecule has 0 aliphatic rings. The smallest absolute Gasteiger partial charge is 0.299 e. The summed E-state index contributed by atoms with van der Waals surface area (Å²) < 4.78 is 5.91. The molecule has 0 radical (unpaired) electrons. The lowest BCUT2D eigenvalue weighted by Gasteiger charge is -2.36. The fourth-order valence-corrected chi connectivity index (χ4v) is 3.03. The van der Waals surface area contributed by atoms with E-state index in [1.165, 1.54) is 5.56 Å². The van der Waals surface area contributed by atoms with Gasteiger partial charge in [-0.15, -0.1) is 0 Å². The van der Waals surface area contributed by atoms with Crippen LogP contribution in [0.1, 0.15) is 58.6 Å². The second-order valence-electron chi connectivity index (χ2n) is 8.24.